The second-order valence-corrected chi connectivity index (χ2v) is 10.1. The summed E-state index contributed by atoms with van der Waals surface area (Å²) in [4.78, 5) is 29.3. The van der Waals surface area contributed by atoms with Crippen LogP contribution in [0.5, 0.6) is 11.5 Å². The molecule has 32 heavy (non-hydrogen) atoms. The summed E-state index contributed by atoms with van der Waals surface area (Å²) in [5.74, 6) is 1.12. The highest BCUT2D eigenvalue weighted by Crippen LogP contribution is 2.64. The molecule has 7 nitrogen and oxygen atoms in total. The molecule has 1 aliphatic rings. The van der Waals surface area contributed by atoms with Crippen molar-refractivity contribution < 1.29 is 14.3 Å². The largest absolute Gasteiger partial charge is 0.490 e. The quantitative estimate of drug-likeness (QED) is 0.380. The number of carbonyl (C=O) groups excluding carboxylic acids is 1. The maximum absolute atomic E-state index is 12.9. The van der Waals surface area contributed by atoms with Crippen LogP contribution in [0.25, 0.3) is 11.0 Å². The van der Waals surface area contributed by atoms with E-state index in [0.717, 1.165) is 5.56 Å². The molecule has 0 spiro atoms. The molecule has 2 unspecified atom stereocenters. The van der Waals surface area contributed by atoms with Gasteiger partial charge in [-0.2, -0.15) is 4.52 Å². The zero-order valence-electron chi connectivity index (χ0n) is 17.9. The van der Waals surface area contributed by atoms with Crippen molar-refractivity contribution in [1.82, 2.24) is 14.6 Å². The molecule has 10 heteroatoms. The van der Waals surface area contributed by atoms with Gasteiger partial charge in [-0.1, -0.05) is 54.5 Å². The molecular formula is C22H21Cl2N3O4S. The SMILES string of the molecule is CCOc1cc(C=c2sc3nc(C4C(C=C(Cl)Cl)C4(C)C)nn3c2=O)ccc1OC(C)=O. The summed E-state index contributed by atoms with van der Waals surface area (Å²) in [7, 11) is 0. The Bertz CT molecular complexity index is 1340. The van der Waals surface area contributed by atoms with Crippen molar-refractivity contribution in [3.63, 3.8) is 0 Å². The molecule has 4 rings (SSSR count). The molecule has 3 aromatic rings. The van der Waals surface area contributed by atoms with Crippen molar-refractivity contribution in [2.45, 2.75) is 33.6 Å². The van der Waals surface area contributed by atoms with Crippen molar-refractivity contribution in [2.24, 2.45) is 11.3 Å². The van der Waals surface area contributed by atoms with E-state index in [0.29, 0.717) is 33.4 Å². The Morgan fingerprint density at radius 1 is 1.31 bits per heavy atom. The van der Waals surface area contributed by atoms with Gasteiger partial charge in [0.25, 0.3) is 5.56 Å². The molecule has 2 heterocycles. The van der Waals surface area contributed by atoms with Crippen LogP contribution >= 0.6 is 34.5 Å². The lowest BCUT2D eigenvalue weighted by Gasteiger charge is -2.10. The van der Waals surface area contributed by atoms with Crippen molar-refractivity contribution >= 4 is 51.5 Å². The molecule has 0 amide bonds. The maximum Gasteiger partial charge on any atom is 0.308 e. The first kappa shape index (κ1) is 22.8. The summed E-state index contributed by atoms with van der Waals surface area (Å²) in [5, 5.41) is 4.47. The Kier molecular flexibility index (Phi) is 6.04. The van der Waals surface area contributed by atoms with Gasteiger partial charge in [-0.15, -0.1) is 5.10 Å². The van der Waals surface area contributed by atoms with Gasteiger partial charge < -0.3 is 9.47 Å². The Hall–Kier alpha value is -2.42. The number of nitrogens with zero attached hydrogens (tertiary/aromatic N) is 3. The fourth-order valence-corrected chi connectivity index (χ4v) is 5.06. The van der Waals surface area contributed by atoms with Crippen LogP contribution in [0, 0.1) is 11.3 Å². The van der Waals surface area contributed by atoms with Gasteiger partial charge in [-0.05, 0) is 48.1 Å². The smallest absolute Gasteiger partial charge is 0.308 e. The minimum Gasteiger partial charge on any atom is -0.490 e. The van der Waals surface area contributed by atoms with E-state index >= 15 is 0 Å². The standard InChI is InChI=1S/C22H21Cl2N3O4S/c1-5-30-15-8-12(6-7-14(15)31-11(2)28)9-16-20(29)27-21(32-16)25-19(26-27)18-13(10-17(23)24)22(18,3)4/h6-10,13,18H,5H2,1-4H3. The molecule has 1 aromatic carbocycles. The average molecular weight is 494 g/mol. The fraction of sp³-hybridized carbons (Fsp3) is 0.364. The van der Waals surface area contributed by atoms with Crippen molar-refractivity contribution in [3.8, 4) is 11.5 Å². The third kappa shape index (κ3) is 4.27. The second kappa shape index (κ2) is 8.50. The van der Waals surface area contributed by atoms with Crippen LogP contribution < -0.4 is 19.6 Å². The zero-order valence-corrected chi connectivity index (χ0v) is 20.2. The van der Waals surface area contributed by atoms with E-state index in [1.165, 1.54) is 22.8 Å². The number of fused-ring (bicyclic) bond motifs is 1. The fourth-order valence-electron chi connectivity index (χ4n) is 3.87. The van der Waals surface area contributed by atoms with Gasteiger partial charge in [-0.3, -0.25) is 9.59 Å². The molecule has 0 N–H and O–H groups in total. The molecule has 0 radical (unpaired) electrons. The van der Waals surface area contributed by atoms with Crippen molar-refractivity contribution in [3.05, 3.63) is 55.0 Å². The van der Waals surface area contributed by atoms with E-state index in [1.54, 1.807) is 30.4 Å². The molecule has 1 fully saturated rings. The zero-order chi connectivity index (χ0) is 23.2. The molecule has 168 valence electrons. The Morgan fingerprint density at radius 2 is 2.06 bits per heavy atom. The highest BCUT2D eigenvalue weighted by Gasteiger charge is 2.59. The van der Waals surface area contributed by atoms with Gasteiger partial charge in [0.05, 0.1) is 11.1 Å². The van der Waals surface area contributed by atoms with E-state index in [1.807, 2.05) is 6.92 Å². The van der Waals surface area contributed by atoms with E-state index in [4.69, 9.17) is 32.7 Å². The number of esters is 1. The van der Waals surface area contributed by atoms with Gasteiger partial charge in [0.15, 0.2) is 17.3 Å². The number of thiazole rings is 1. The van der Waals surface area contributed by atoms with Crippen molar-refractivity contribution in [2.75, 3.05) is 6.61 Å². The van der Waals surface area contributed by atoms with Gasteiger partial charge in [0.1, 0.15) is 4.49 Å². The Labute approximate surface area is 198 Å². The number of aromatic nitrogens is 3. The number of allylic oxidation sites excluding steroid dienone is 1. The average Bonchev–Trinajstić information content (AvgIpc) is 2.98. The van der Waals surface area contributed by atoms with Gasteiger partial charge >= 0.3 is 5.97 Å². The van der Waals surface area contributed by atoms with Gasteiger partial charge in [0, 0.05) is 12.8 Å². The van der Waals surface area contributed by atoms with E-state index in [9.17, 15) is 9.59 Å². The first-order chi connectivity index (χ1) is 15.1. The summed E-state index contributed by atoms with van der Waals surface area (Å²) in [5.41, 5.74) is 0.409. The monoisotopic (exact) mass is 493 g/mol. The van der Waals surface area contributed by atoms with Crippen LogP contribution in [0.4, 0.5) is 0 Å². The predicted molar refractivity (Wildman–Crippen MR) is 125 cm³/mol. The number of ether oxygens (including phenoxy) is 2. The lowest BCUT2D eigenvalue weighted by molar-refractivity contribution is -0.132. The van der Waals surface area contributed by atoms with E-state index in [2.05, 4.69) is 23.9 Å². The maximum atomic E-state index is 12.9. The highest BCUT2D eigenvalue weighted by atomic mass is 35.5. The number of halogens is 2. The summed E-state index contributed by atoms with van der Waals surface area (Å²) < 4.78 is 12.8. The lowest BCUT2D eigenvalue weighted by Crippen LogP contribution is -2.23. The topological polar surface area (TPSA) is 82.8 Å². The Balaban J connectivity index is 1.68. The Morgan fingerprint density at radius 3 is 2.69 bits per heavy atom. The summed E-state index contributed by atoms with van der Waals surface area (Å²) >= 11 is 12.9. The van der Waals surface area contributed by atoms with Crippen LogP contribution in [-0.2, 0) is 4.79 Å². The van der Waals surface area contributed by atoms with E-state index < -0.39 is 5.97 Å². The summed E-state index contributed by atoms with van der Waals surface area (Å²) in [6.07, 6.45) is 3.54. The first-order valence-corrected chi connectivity index (χ1v) is 11.6. The third-order valence-electron chi connectivity index (χ3n) is 5.51. The minimum absolute atomic E-state index is 0.0523. The van der Waals surface area contributed by atoms with Crippen LogP contribution in [0.1, 0.15) is 45.0 Å². The molecule has 2 atom stereocenters. The second-order valence-electron chi connectivity index (χ2n) is 8.09. The molecule has 0 saturated heterocycles. The molecule has 1 aliphatic carbocycles. The van der Waals surface area contributed by atoms with Gasteiger partial charge in [0.2, 0.25) is 4.96 Å². The van der Waals surface area contributed by atoms with Crippen LogP contribution in [0.3, 0.4) is 0 Å². The molecule has 1 saturated carbocycles. The minimum atomic E-state index is -0.434. The number of carbonyl (C=O) groups is 1. The molecule has 0 bridgehead atoms. The first-order valence-electron chi connectivity index (χ1n) is 10.0. The normalized spacial score (nSPS) is 19.8. The van der Waals surface area contributed by atoms with Crippen LogP contribution in [-0.4, -0.2) is 27.2 Å². The molecule has 0 aliphatic heterocycles. The molecular weight excluding hydrogens is 473 g/mol. The summed E-state index contributed by atoms with van der Waals surface area (Å²) in [6.45, 7) is 7.76. The number of hydrogen-bond acceptors (Lipinski definition) is 7. The number of benzene rings is 1. The van der Waals surface area contributed by atoms with Crippen LogP contribution in [0.2, 0.25) is 0 Å². The van der Waals surface area contributed by atoms with Gasteiger partial charge in [-0.25, -0.2) is 4.98 Å². The third-order valence-corrected chi connectivity index (χ3v) is 6.72. The van der Waals surface area contributed by atoms with Crippen molar-refractivity contribution in [1.29, 1.82) is 0 Å². The number of hydrogen-bond donors (Lipinski definition) is 0. The highest BCUT2D eigenvalue weighted by molar-refractivity contribution is 7.15. The van der Waals surface area contributed by atoms with E-state index in [-0.39, 0.29) is 27.3 Å². The lowest BCUT2D eigenvalue weighted by atomic mass is 10.1. The van der Waals surface area contributed by atoms with Crippen LogP contribution in [0.15, 0.2) is 33.6 Å². The predicted octanol–water partition coefficient (Wildman–Crippen LogP) is 4.08. The summed E-state index contributed by atoms with van der Waals surface area (Å²) in [6, 6.07) is 5.12. The molecule has 2 aromatic heterocycles. The number of rotatable bonds is 6.